The van der Waals surface area contributed by atoms with Crippen molar-refractivity contribution >= 4 is 11.7 Å². The number of hydrogen-bond acceptors (Lipinski definition) is 4. The smallest absolute Gasteiger partial charge is 0.240 e. The van der Waals surface area contributed by atoms with Gasteiger partial charge in [0.05, 0.1) is 6.61 Å². The molecule has 15 heavy (non-hydrogen) atoms. The topological polar surface area (TPSA) is 79.5 Å². The van der Waals surface area contributed by atoms with E-state index in [0.29, 0.717) is 0 Å². The van der Waals surface area contributed by atoms with Crippen LogP contribution in [0.25, 0.3) is 0 Å². The quantitative estimate of drug-likeness (QED) is 0.709. The van der Waals surface area contributed by atoms with Gasteiger partial charge < -0.3 is 15.7 Å². The number of carbonyl (C=O) groups is 1. The molecule has 80 valence electrons. The van der Waals surface area contributed by atoms with Crippen molar-refractivity contribution in [2.45, 2.75) is 19.1 Å². The number of nitrogens with two attached hydrogens (primary N) is 1. The standard InChI is InChI=1S/C10H13N3O2/c11-10(15)8-3-4-13(8)9-2-1-7(6-14)5-12-9/h1-2,5,8,14H,3-4,6H2,(H2,11,15). The number of pyridine rings is 1. The number of primary amides is 1. The first-order valence-electron chi connectivity index (χ1n) is 4.84. The van der Waals surface area contributed by atoms with Crippen molar-refractivity contribution in [1.29, 1.82) is 0 Å². The van der Waals surface area contributed by atoms with Crippen LogP contribution in [0, 0.1) is 0 Å². The molecular formula is C10H13N3O2. The summed E-state index contributed by atoms with van der Waals surface area (Å²) in [5, 5.41) is 8.85. The van der Waals surface area contributed by atoms with Crippen LogP contribution in [0.15, 0.2) is 18.3 Å². The van der Waals surface area contributed by atoms with Gasteiger partial charge in [0.25, 0.3) is 0 Å². The van der Waals surface area contributed by atoms with E-state index in [4.69, 9.17) is 10.8 Å². The number of aliphatic hydroxyl groups is 1. The fourth-order valence-electron chi connectivity index (χ4n) is 1.64. The number of aromatic nitrogens is 1. The molecule has 3 N–H and O–H groups in total. The molecule has 0 radical (unpaired) electrons. The number of rotatable bonds is 3. The SMILES string of the molecule is NC(=O)C1CCN1c1ccc(CO)cn1. The normalized spacial score (nSPS) is 19.8. The first kappa shape index (κ1) is 9.92. The summed E-state index contributed by atoms with van der Waals surface area (Å²) in [6.07, 6.45) is 2.39. The van der Waals surface area contributed by atoms with Crippen LogP contribution in [0.1, 0.15) is 12.0 Å². The molecule has 0 saturated carbocycles. The first-order chi connectivity index (χ1) is 7.22. The molecule has 1 atom stereocenters. The van der Waals surface area contributed by atoms with Crippen LogP contribution in [0.4, 0.5) is 5.82 Å². The predicted molar refractivity (Wildman–Crippen MR) is 55.1 cm³/mol. The molecule has 0 spiro atoms. The van der Waals surface area contributed by atoms with E-state index in [1.165, 1.54) is 0 Å². The van der Waals surface area contributed by atoms with E-state index >= 15 is 0 Å². The van der Waals surface area contributed by atoms with Gasteiger partial charge in [-0.2, -0.15) is 0 Å². The monoisotopic (exact) mass is 207 g/mol. The maximum absolute atomic E-state index is 11.0. The zero-order valence-electron chi connectivity index (χ0n) is 8.26. The largest absolute Gasteiger partial charge is 0.392 e. The Balaban J connectivity index is 2.13. The predicted octanol–water partition coefficient (Wildman–Crippen LogP) is -0.362. The molecule has 1 aliphatic rings. The van der Waals surface area contributed by atoms with E-state index in [0.717, 1.165) is 24.3 Å². The van der Waals surface area contributed by atoms with E-state index in [1.54, 1.807) is 18.3 Å². The highest BCUT2D eigenvalue weighted by Crippen LogP contribution is 2.24. The Kier molecular flexibility index (Phi) is 2.55. The minimum absolute atomic E-state index is 0.0213. The Morgan fingerprint density at radius 1 is 1.67 bits per heavy atom. The van der Waals surface area contributed by atoms with Crippen LogP contribution in [-0.4, -0.2) is 28.6 Å². The Morgan fingerprint density at radius 3 is 2.87 bits per heavy atom. The van der Waals surface area contributed by atoms with E-state index < -0.39 is 0 Å². The lowest BCUT2D eigenvalue weighted by atomic mass is 10.0. The van der Waals surface area contributed by atoms with E-state index in [-0.39, 0.29) is 18.6 Å². The van der Waals surface area contributed by atoms with Crippen LogP contribution in [-0.2, 0) is 11.4 Å². The maximum Gasteiger partial charge on any atom is 0.240 e. The van der Waals surface area contributed by atoms with Crippen LogP contribution < -0.4 is 10.6 Å². The number of aliphatic hydroxyl groups excluding tert-OH is 1. The second-order valence-corrected chi connectivity index (χ2v) is 3.58. The third-order valence-corrected chi connectivity index (χ3v) is 2.63. The van der Waals surface area contributed by atoms with Gasteiger partial charge in [0.1, 0.15) is 11.9 Å². The summed E-state index contributed by atoms with van der Waals surface area (Å²) >= 11 is 0. The highest BCUT2D eigenvalue weighted by molar-refractivity contribution is 5.85. The Labute approximate surface area is 87.5 Å². The lowest BCUT2D eigenvalue weighted by Gasteiger charge is -2.39. The molecule has 1 aromatic rings. The number of amides is 1. The molecule has 2 heterocycles. The number of hydrogen-bond donors (Lipinski definition) is 2. The molecule has 1 fully saturated rings. The van der Waals surface area contributed by atoms with E-state index in [2.05, 4.69) is 4.98 Å². The summed E-state index contributed by atoms with van der Waals surface area (Å²) in [6.45, 7) is 0.783. The highest BCUT2D eigenvalue weighted by atomic mass is 16.3. The van der Waals surface area contributed by atoms with Crippen LogP contribution in [0.5, 0.6) is 0 Å². The van der Waals surface area contributed by atoms with Crippen LogP contribution in [0.2, 0.25) is 0 Å². The fraction of sp³-hybridized carbons (Fsp3) is 0.400. The maximum atomic E-state index is 11.0. The number of nitrogens with zero attached hydrogens (tertiary/aromatic N) is 2. The molecule has 1 aliphatic heterocycles. The van der Waals surface area contributed by atoms with Gasteiger partial charge in [-0.05, 0) is 18.1 Å². The molecule has 0 aliphatic carbocycles. The fourth-order valence-corrected chi connectivity index (χ4v) is 1.64. The Morgan fingerprint density at radius 2 is 2.47 bits per heavy atom. The zero-order valence-corrected chi connectivity index (χ0v) is 8.26. The van der Waals surface area contributed by atoms with Gasteiger partial charge in [0.15, 0.2) is 0 Å². The third kappa shape index (κ3) is 1.78. The summed E-state index contributed by atoms with van der Waals surface area (Å²) in [4.78, 5) is 17.0. The molecule has 2 rings (SSSR count). The van der Waals surface area contributed by atoms with Crippen molar-refractivity contribution < 1.29 is 9.90 Å². The molecule has 0 bridgehead atoms. The van der Waals surface area contributed by atoms with Gasteiger partial charge in [-0.25, -0.2) is 4.98 Å². The lowest BCUT2D eigenvalue weighted by molar-refractivity contribution is -0.120. The molecule has 1 amide bonds. The van der Waals surface area contributed by atoms with Crippen molar-refractivity contribution in [2.24, 2.45) is 5.73 Å². The summed E-state index contributed by atoms with van der Waals surface area (Å²) < 4.78 is 0. The summed E-state index contributed by atoms with van der Waals surface area (Å²) in [5.41, 5.74) is 5.99. The average molecular weight is 207 g/mol. The molecule has 1 aromatic heterocycles. The summed E-state index contributed by atoms with van der Waals surface area (Å²) in [6, 6.07) is 3.36. The van der Waals surface area contributed by atoms with Crippen LogP contribution in [0.3, 0.4) is 0 Å². The van der Waals surface area contributed by atoms with Gasteiger partial charge in [0, 0.05) is 12.7 Å². The van der Waals surface area contributed by atoms with Crippen molar-refractivity contribution in [3.8, 4) is 0 Å². The minimum Gasteiger partial charge on any atom is -0.392 e. The molecule has 5 nitrogen and oxygen atoms in total. The second kappa shape index (κ2) is 3.86. The van der Waals surface area contributed by atoms with E-state index in [9.17, 15) is 4.79 Å². The van der Waals surface area contributed by atoms with Crippen molar-refractivity contribution in [2.75, 3.05) is 11.4 Å². The summed E-state index contributed by atoms with van der Waals surface area (Å²) in [7, 11) is 0. The van der Waals surface area contributed by atoms with Crippen molar-refractivity contribution in [3.63, 3.8) is 0 Å². The molecular weight excluding hydrogens is 194 g/mol. The third-order valence-electron chi connectivity index (χ3n) is 2.63. The van der Waals surface area contributed by atoms with Crippen molar-refractivity contribution in [3.05, 3.63) is 23.9 Å². The number of carbonyl (C=O) groups excluding carboxylic acids is 1. The van der Waals surface area contributed by atoms with Gasteiger partial charge >= 0.3 is 0 Å². The summed E-state index contributed by atoms with van der Waals surface area (Å²) in [5.74, 6) is 0.427. The van der Waals surface area contributed by atoms with Crippen molar-refractivity contribution in [1.82, 2.24) is 4.98 Å². The average Bonchev–Trinajstić information content (AvgIpc) is 2.16. The van der Waals surface area contributed by atoms with Gasteiger partial charge in [0.2, 0.25) is 5.91 Å². The minimum atomic E-state index is -0.311. The second-order valence-electron chi connectivity index (χ2n) is 3.58. The molecule has 1 unspecified atom stereocenters. The Hall–Kier alpha value is -1.62. The van der Waals surface area contributed by atoms with Gasteiger partial charge in [-0.3, -0.25) is 4.79 Å². The first-order valence-corrected chi connectivity index (χ1v) is 4.84. The van der Waals surface area contributed by atoms with Gasteiger partial charge in [-0.1, -0.05) is 6.07 Å². The van der Waals surface area contributed by atoms with Crippen LogP contribution >= 0.6 is 0 Å². The molecule has 5 heteroatoms. The number of anilines is 1. The highest BCUT2D eigenvalue weighted by Gasteiger charge is 2.33. The van der Waals surface area contributed by atoms with E-state index in [1.807, 2.05) is 4.90 Å². The molecule has 1 saturated heterocycles. The lowest BCUT2D eigenvalue weighted by Crippen LogP contribution is -2.55. The zero-order chi connectivity index (χ0) is 10.8. The van der Waals surface area contributed by atoms with Gasteiger partial charge in [-0.15, -0.1) is 0 Å². The Bertz CT molecular complexity index is 363. The molecule has 0 aromatic carbocycles.